The molecule has 2 nitrogen and oxygen atoms in total. The third-order valence-electron chi connectivity index (χ3n) is 3.48. The van der Waals surface area contributed by atoms with Crippen molar-refractivity contribution in [1.29, 1.82) is 0 Å². The molecule has 22 heavy (non-hydrogen) atoms. The lowest BCUT2D eigenvalue weighted by molar-refractivity contribution is 0.0975. The van der Waals surface area contributed by atoms with Crippen LogP contribution in [0.15, 0.2) is 59.5 Å². The zero-order valence-electron chi connectivity index (χ0n) is 12.7. The van der Waals surface area contributed by atoms with Crippen LogP contribution in [0.4, 0.5) is 0 Å². The standard InChI is InChI=1S/C18H19BrO2S/c1-3-13-18(19,17(20)15-7-5-4-6-8-15)22(21)16-11-9-14(2)10-12-16/h4-12H,3,13H2,1-2H3. The van der Waals surface area contributed by atoms with Gasteiger partial charge in [-0.2, -0.15) is 0 Å². The second-order valence-corrected chi connectivity index (χ2v) is 8.84. The van der Waals surface area contributed by atoms with Gasteiger partial charge < -0.3 is 0 Å². The molecular formula is C18H19BrO2S. The van der Waals surface area contributed by atoms with Gasteiger partial charge in [-0.3, -0.25) is 9.00 Å². The number of Topliss-reactive ketones (excluding diaryl/α,β-unsaturated/α-hetero) is 1. The zero-order chi connectivity index (χ0) is 16.2. The Balaban J connectivity index is 2.41. The molecule has 0 spiro atoms. The Kier molecular flexibility index (Phi) is 5.70. The first-order chi connectivity index (χ1) is 10.5. The minimum absolute atomic E-state index is 0.131. The summed E-state index contributed by atoms with van der Waals surface area (Å²) >= 11 is 3.52. The average Bonchev–Trinajstić information content (AvgIpc) is 2.55. The van der Waals surface area contributed by atoms with Crippen molar-refractivity contribution < 1.29 is 9.00 Å². The fraction of sp³-hybridized carbons (Fsp3) is 0.278. The summed E-state index contributed by atoms with van der Waals surface area (Å²) in [7, 11) is -1.46. The second-order valence-electron chi connectivity index (χ2n) is 5.26. The van der Waals surface area contributed by atoms with Crippen molar-refractivity contribution in [1.82, 2.24) is 0 Å². The van der Waals surface area contributed by atoms with Gasteiger partial charge in [-0.1, -0.05) is 77.3 Å². The van der Waals surface area contributed by atoms with Gasteiger partial charge in [-0.05, 0) is 25.5 Å². The Morgan fingerprint density at radius 1 is 1.09 bits per heavy atom. The van der Waals surface area contributed by atoms with Gasteiger partial charge in [0.15, 0.2) is 9.44 Å². The Bertz CT molecular complexity index is 667. The van der Waals surface area contributed by atoms with E-state index in [1.807, 2.05) is 56.3 Å². The molecule has 2 atom stereocenters. The molecule has 2 rings (SSSR count). The molecule has 0 fully saturated rings. The molecule has 2 aromatic carbocycles. The van der Waals surface area contributed by atoms with E-state index in [1.54, 1.807) is 12.1 Å². The number of alkyl halides is 1. The summed E-state index contributed by atoms with van der Waals surface area (Å²) in [5.74, 6) is -0.131. The van der Waals surface area contributed by atoms with E-state index in [0.717, 1.165) is 12.0 Å². The number of hydrogen-bond donors (Lipinski definition) is 0. The monoisotopic (exact) mass is 378 g/mol. The van der Waals surface area contributed by atoms with E-state index in [1.165, 1.54) is 0 Å². The molecule has 2 aromatic rings. The van der Waals surface area contributed by atoms with Crippen molar-refractivity contribution in [2.24, 2.45) is 0 Å². The van der Waals surface area contributed by atoms with Gasteiger partial charge in [0, 0.05) is 10.5 Å². The summed E-state index contributed by atoms with van der Waals surface area (Å²) in [6.07, 6.45) is 1.28. The predicted octanol–water partition coefficient (Wildman–Crippen LogP) is 4.88. The van der Waals surface area contributed by atoms with Gasteiger partial charge in [0.2, 0.25) is 0 Å². The SMILES string of the molecule is CCCC(Br)(C(=O)c1ccccc1)S(=O)c1ccc(C)cc1. The number of ketones is 1. The minimum Gasteiger partial charge on any atom is -0.291 e. The molecule has 0 N–H and O–H groups in total. The van der Waals surface area contributed by atoms with Crippen molar-refractivity contribution in [2.75, 3.05) is 0 Å². The molecule has 0 aliphatic rings. The van der Waals surface area contributed by atoms with Crippen LogP contribution in [0.3, 0.4) is 0 Å². The van der Waals surface area contributed by atoms with E-state index in [9.17, 15) is 9.00 Å². The molecule has 0 saturated heterocycles. The van der Waals surface area contributed by atoms with Crippen LogP contribution in [0.1, 0.15) is 35.7 Å². The number of carbonyl (C=O) groups is 1. The lowest BCUT2D eigenvalue weighted by Crippen LogP contribution is -2.37. The van der Waals surface area contributed by atoms with E-state index in [4.69, 9.17) is 0 Å². The fourth-order valence-corrected chi connectivity index (χ4v) is 4.88. The highest BCUT2D eigenvalue weighted by molar-refractivity contribution is 9.12. The van der Waals surface area contributed by atoms with Crippen molar-refractivity contribution in [2.45, 2.75) is 35.2 Å². The maximum Gasteiger partial charge on any atom is 0.192 e. The van der Waals surface area contributed by atoms with Crippen molar-refractivity contribution >= 4 is 32.5 Å². The summed E-state index contributed by atoms with van der Waals surface area (Å²) in [5, 5.41) is 0. The van der Waals surface area contributed by atoms with Gasteiger partial charge in [-0.15, -0.1) is 0 Å². The molecule has 0 amide bonds. The Hall–Kier alpha value is -1.26. The predicted molar refractivity (Wildman–Crippen MR) is 94.9 cm³/mol. The van der Waals surface area contributed by atoms with Crippen LogP contribution in [0.5, 0.6) is 0 Å². The third kappa shape index (κ3) is 3.55. The van der Waals surface area contributed by atoms with Gasteiger partial charge >= 0.3 is 0 Å². The molecule has 0 heterocycles. The molecule has 0 saturated carbocycles. The molecular weight excluding hydrogens is 360 g/mol. The number of rotatable bonds is 6. The summed E-state index contributed by atoms with van der Waals surface area (Å²) < 4.78 is 11.9. The Labute approximate surface area is 142 Å². The molecule has 0 bridgehead atoms. The van der Waals surface area contributed by atoms with Crippen LogP contribution >= 0.6 is 15.9 Å². The molecule has 0 aliphatic heterocycles. The smallest absolute Gasteiger partial charge is 0.192 e. The van der Waals surface area contributed by atoms with E-state index < -0.39 is 14.5 Å². The third-order valence-corrected chi connectivity index (χ3v) is 6.79. The van der Waals surface area contributed by atoms with Crippen LogP contribution < -0.4 is 0 Å². The highest BCUT2D eigenvalue weighted by Crippen LogP contribution is 2.36. The molecule has 0 aliphatic carbocycles. The highest BCUT2D eigenvalue weighted by Gasteiger charge is 2.42. The van der Waals surface area contributed by atoms with Crippen molar-refractivity contribution in [3.05, 3.63) is 65.7 Å². The molecule has 2 unspecified atom stereocenters. The van der Waals surface area contributed by atoms with Crippen LogP contribution in [0.25, 0.3) is 0 Å². The van der Waals surface area contributed by atoms with Gasteiger partial charge in [-0.25, -0.2) is 0 Å². The number of halogens is 1. The first kappa shape index (κ1) is 17.1. The fourth-order valence-electron chi connectivity index (χ4n) is 2.27. The van der Waals surface area contributed by atoms with Crippen molar-refractivity contribution in [3.63, 3.8) is 0 Å². The summed E-state index contributed by atoms with van der Waals surface area (Å²) in [6.45, 7) is 3.97. The highest BCUT2D eigenvalue weighted by atomic mass is 79.9. The van der Waals surface area contributed by atoms with Crippen LogP contribution in [0, 0.1) is 6.92 Å². The Morgan fingerprint density at radius 3 is 2.23 bits per heavy atom. The van der Waals surface area contributed by atoms with E-state index >= 15 is 0 Å². The first-order valence-corrected chi connectivity index (χ1v) is 9.20. The van der Waals surface area contributed by atoms with E-state index in [0.29, 0.717) is 16.9 Å². The first-order valence-electron chi connectivity index (χ1n) is 7.26. The number of hydrogen-bond acceptors (Lipinski definition) is 2. The number of aryl methyl sites for hydroxylation is 1. The lowest BCUT2D eigenvalue weighted by atomic mass is 10.1. The van der Waals surface area contributed by atoms with E-state index in [-0.39, 0.29) is 5.78 Å². The zero-order valence-corrected chi connectivity index (χ0v) is 15.1. The molecule has 4 heteroatoms. The van der Waals surface area contributed by atoms with Crippen LogP contribution in [0.2, 0.25) is 0 Å². The second kappa shape index (κ2) is 7.34. The van der Waals surface area contributed by atoms with Gasteiger partial charge in [0.25, 0.3) is 0 Å². The molecule has 0 aromatic heterocycles. The van der Waals surface area contributed by atoms with Gasteiger partial charge in [0.1, 0.15) is 0 Å². The Morgan fingerprint density at radius 2 is 1.68 bits per heavy atom. The quantitative estimate of drug-likeness (QED) is 0.530. The van der Waals surface area contributed by atoms with Crippen LogP contribution in [-0.2, 0) is 10.8 Å². The number of carbonyl (C=O) groups excluding carboxylic acids is 1. The molecule has 116 valence electrons. The number of benzene rings is 2. The van der Waals surface area contributed by atoms with Gasteiger partial charge in [0.05, 0.1) is 10.8 Å². The van der Waals surface area contributed by atoms with Crippen LogP contribution in [-0.4, -0.2) is 13.6 Å². The van der Waals surface area contributed by atoms with Crippen molar-refractivity contribution in [3.8, 4) is 0 Å². The topological polar surface area (TPSA) is 34.1 Å². The summed E-state index contributed by atoms with van der Waals surface area (Å²) in [6, 6.07) is 16.5. The average molecular weight is 379 g/mol. The lowest BCUT2D eigenvalue weighted by Gasteiger charge is -2.25. The van der Waals surface area contributed by atoms with E-state index in [2.05, 4.69) is 15.9 Å². The largest absolute Gasteiger partial charge is 0.291 e. The maximum absolute atomic E-state index is 13.0. The maximum atomic E-state index is 13.0. The molecule has 0 radical (unpaired) electrons. The normalized spacial score (nSPS) is 15.0. The summed E-state index contributed by atoms with van der Waals surface area (Å²) in [4.78, 5) is 13.6. The summed E-state index contributed by atoms with van der Waals surface area (Å²) in [5.41, 5.74) is 1.68. The minimum atomic E-state index is -1.46.